The lowest BCUT2D eigenvalue weighted by atomic mass is 10.1. The summed E-state index contributed by atoms with van der Waals surface area (Å²) in [6, 6.07) is 12.4. The molecule has 0 unspecified atom stereocenters. The van der Waals surface area contributed by atoms with Crippen molar-refractivity contribution >= 4 is 21.6 Å². The van der Waals surface area contributed by atoms with Crippen LogP contribution in [0.1, 0.15) is 23.6 Å². The standard InChI is InChI=1S/C19H25N3O3S/c1-3-16-6-4-5-14(2)19(16)22-13-18(23)21-12-11-15-7-9-17(10-8-15)26(20,24)25/h4-10,22H,3,11-13H2,1-2H3,(H,21,23)(H2,20,24,25). The van der Waals surface area contributed by atoms with Gasteiger partial charge in [-0.3, -0.25) is 4.79 Å². The van der Waals surface area contributed by atoms with E-state index in [9.17, 15) is 13.2 Å². The molecule has 0 atom stereocenters. The van der Waals surface area contributed by atoms with Crippen molar-refractivity contribution in [2.45, 2.75) is 31.6 Å². The number of hydrogen-bond donors (Lipinski definition) is 3. The summed E-state index contributed by atoms with van der Waals surface area (Å²) >= 11 is 0. The Balaban J connectivity index is 1.81. The van der Waals surface area contributed by atoms with E-state index in [-0.39, 0.29) is 17.3 Å². The fourth-order valence-corrected chi connectivity index (χ4v) is 3.21. The molecule has 0 aromatic heterocycles. The summed E-state index contributed by atoms with van der Waals surface area (Å²) in [7, 11) is -3.67. The summed E-state index contributed by atoms with van der Waals surface area (Å²) < 4.78 is 22.4. The zero-order chi connectivity index (χ0) is 19.2. The Labute approximate surface area is 154 Å². The second-order valence-electron chi connectivity index (χ2n) is 6.11. The molecule has 0 aliphatic heterocycles. The number of anilines is 1. The van der Waals surface area contributed by atoms with Gasteiger partial charge in [0.05, 0.1) is 11.4 Å². The van der Waals surface area contributed by atoms with Crippen molar-refractivity contribution in [3.05, 3.63) is 59.2 Å². The molecule has 4 N–H and O–H groups in total. The third-order valence-electron chi connectivity index (χ3n) is 4.15. The van der Waals surface area contributed by atoms with E-state index in [4.69, 9.17) is 5.14 Å². The van der Waals surface area contributed by atoms with Crippen LogP contribution < -0.4 is 15.8 Å². The summed E-state index contributed by atoms with van der Waals surface area (Å²) in [5.74, 6) is -0.0866. The Hall–Kier alpha value is -2.38. The first-order valence-corrected chi connectivity index (χ1v) is 10.1. The van der Waals surface area contributed by atoms with Crippen LogP contribution in [-0.4, -0.2) is 27.4 Å². The van der Waals surface area contributed by atoms with Gasteiger partial charge < -0.3 is 10.6 Å². The lowest BCUT2D eigenvalue weighted by Crippen LogP contribution is -2.31. The number of rotatable bonds is 8. The Morgan fingerprint density at radius 2 is 1.81 bits per heavy atom. The zero-order valence-corrected chi connectivity index (χ0v) is 15.9. The maximum atomic E-state index is 12.0. The van der Waals surface area contributed by atoms with E-state index in [2.05, 4.69) is 23.6 Å². The van der Waals surface area contributed by atoms with Crippen LogP contribution in [0.3, 0.4) is 0 Å². The smallest absolute Gasteiger partial charge is 0.239 e. The normalized spacial score (nSPS) is 11.2. The van der Waals surface area contributed by atoms with Crippen molar-refractivity contribution < 1.29 is 13.2 Å². The molecule has 0 fully saturated rings. The Kier molecular flexibility index (Phi) is 6.76. The molecule has 7 heteroatoms. The number of carbonyl (C=O) groups is 1. The molecule has 2 aromatic rings. The number of nitrogens with one attached hydrogen (secondary N) is 2. The minimum absolute atomic E-state index is 0.0828. The van der Waals surface area contributed by atoms with Crippen molar-refractivity contribution in [3.8, 4) is 0 Å². The molecule has 6 nitrogen and oxygen atoms in total. The number of carbonyl (C=O) groups excluding carboxylic acids is 1. The highest BCUT2D eigenvalue weighted by atomic mass is 32.2. The molecule has 0 aliphatic carbocycles. The highest BCUT2D eigenvalue weighted by molar-refractivity contribution is 7.89. The minimum Gasteiger partial charge on any atom is -0.376 e. The Bertz CT molecular complexity index is 862. The van der Waals surface area contributed by atoms with Gasteiger partial charge in [0.25, 0.3) is 0 Å². The molecular weight excluding hydrogens is 350 g/mol. The number of sulfonamides is 1. The van der Waals surface area contributed by atoms with E-state index < -0.39 is 10.0 Å². The van der Waals surface area contributed by atoms with Gasteiger partial charge in [0.15, 0.2) is 0 Å². The van der Waals surface area contributed by atoms with Crippen LogP contribution in [0, 0.1) is 6.92 Å². The number of amides is 1. The van der Waals surface area contributed by atoms with Gasteiger partial charge in [-0.1, -0.05) is 37.3 Å². The number of nitrogens with two attached hydrogens (primary N) is 1. The summed E-state index contributed by atoms with van der Waals surface area (Å²) in [4.78, 5) is 12.1. The van der Waals surface area contributed by atoms with E-state index in [1.165, 1.54) is 17.7 Å². The van der Waals surface area contributed by atoms with Crippen molar-refractivity contribution in [1.29, 1.82) is 0 Å². The summed E-state index contributed by atoms with van der Waals surface area (Å²) in [6.07, 6.45) is 1.52. The second-order valence-corrected chi connectivity index (χ2v) is 7.67. The van der Waals surface area contributed by atoms with Crippen molar-refractivity contribution in [1.82, 2.24) is 5.32 Å². The summed E-state index contributed by atoms with van der Waals surface area (Å²) in [5, 5.41) is 11.1. The number of hydrogen-bond acceptors (Lipinski definition) is 4. The molecule has 2 rings (SSSR count). The van der Waals surface area contributed by atoms with Crippen LogP contribution in [0.4, 0.5) is 5.69 Å². The van der Waals surface area contributed by atoms with Crippen LogP contribution in [0.25, 0.3) is 0 Å². The minimum atomic E-state index is -3.67. The maximum Gasteiger partial charge on any atom is 0.239 e. The number of aryl methyl sites for hydroxylation is 2. The molecule has 140 valence electrons. The van der Waals surface area contributed by atoms with E-state index in [1.807, 2.05) is 19.1 Å². The van der Waals surface area contributed by atoms with Crippen LogP contribution >= 0.6 is 0 Å². The third kappa shape index (κ3) is 5.57. The van der Waals surface area contributed by atoms with E-state index in [0.29, 0.717) is 13.0 Å². The molecule has 26 heavy (non-hydrogen) atoms. The predicted molar refractivity (Wildman–Crippen MR) is 104 cm³/mol. The molecule has 0 bridgehead atoms. The summed E-state index contributed by atoms with van der Waals surface area (Å²) in [5.41, 5.74) is 4.25. The van der Waals surface area contributed by atoms with Crippen LogP contribution in [0.2, 0.25) is 0 Å². The van der Waals surface area contributed by atoms with E-state index >= 15 is 0 Å². The quantitative estimate of drug-likeness (QED) is 0.656. The van der Waals surface area contributed by atoms with Gasteiger partial charge >= 0.3 is 0 Å². The Morgan fingerprint density at radius 1 is 1.12 bits per heavy atom. The van der Waals surface area contributed by atoms with Crippen LogP contribution in [-0.2, 0) is 27.7 Å². The number of para-hydroxylation sites is 1. The topological polar surface area (TPSA) is 101 Å². The third-order valence-corrected chi connectivity index (χ3v) is 5.08. The second kappa shape index (κ2) is 8.82. The molecular formula is C19H25N3O3S. The average Bonchev–Trinajstić information content (AvgIpc) is 2.60. The van der Waals surface area contributed by atoms with E-state index in [0.717, 1.165) is 23.2 Å². The first-order chi connectivity index (χ1) is 12.3. The fourth-order valence-electron chi connectivity index (χ4n) is 2.70. The predicted octanol–water partition coefficient (Wildman–Crippen LogP) is 1.98. The van der Waals surface area contributed by atoms with E-state index in [1.54, 1.807) is 12.1 Å². The summed E-state index contributed by atoms with van der Waals surface area (Å²) in [6.45, 7) is 4.79. The maximum absolute atomic E-state index is 12.0. The van der Waals surface area contributed by atoms with Crippen molar-refractivity contribution in [2.24, 2.45) is 5.14 Å². The van der Waals surface area contributed by atoms with Crippen molar-refractivity contribution in [3.63, 3.8) is 0 Å². The SMILES string of the molecule is CCc1cccc(C)c1NCC(=O)NCCc1ccc(S(N)(=O)=O)cc1. The van der Waals surface area contributed by atoms with Crippen LogP contribution in [0.5, 0.6) is 0 Å². The van der Waals surface area contributed by atoms with Gasteiger partial charge in [-0.05, 0) is 48.6 Å². The van der Waals surface area contributed by atoms with Gasteiger partial charge in [0, 0.05) is 12.2 Å². The molecule has 0 saturated heterocycles. The first kappa shape index (κ1) is 19.9. The largest absolute Gasteiger partial charge is 0.376 e. The molecule has 0 radical (unpaired) electrons. The zero-order valence-electron chi connectivity index (χ0n) is 15.1. The Morgan fingerprint density at radius 3 is 2.42 bits per heavy atom. The van der Waals surface area contributed by atoms with Gasteiger partial charge in [-0.2, -0.15) is 0 Å². The lowest BCUT2D eigenvalue weighted by Gasteiger charge is -2.14. The highest BCUT2D eigenvalue weighted by Gasteiger charge is 2.08. The van der Waals surface area contributed by atoms with Gasteiger partial charge in [-0.15, -0.1) is 0 Å². The molecule has 2 aromatic carbocycles. The van der Waals surface area contributed by atoms with Gasteiger partial charge in [0.1, 0.15) is 0 Å². The first-order valence-electron chi connectivity index (χ1n) is 8.52. The molecule has 1 amide bonds. The monoisotopic (exact) mass is 375 g/mol. The van der Waals surface area contributed by atoms with Crippen molar-refractivity contribution in [2.75, 3.05) is 18.4 Å². The molecule has 0 heterocycles. The lowest BCUT2D eigenvalue weighted by molar-refractivity contribution is -0.119. The highest BCUT2D eigenvalue weighted by Crippen LogP contribution is 2.20. The van der Waals surface area contributed by atoms with Gasteiger partial charge in [-0.25, -0.2) is 13.6 Å². The van der Waals surface area contributed by atoms with Crippen LogP contribution in [0.15, 0.2) is 47.4 Å². The number of primary sulfonamides is 1. The average molecular weight is 375 g/mol. The fraction of sp³-hybridized carbons (Fsp3) is 0.316. The molecule has 0 spiro atoms. The number of benzene rings is 2. The van der Waals surface area contributed by atoms with Gasteiger partial charge in [0.2, 0.25) is 15.9 Å². The molecule has 0 saturated carbocycles. The molecule has 0 aliphatic rings.